The van der Waals surface area contributed by atoms with Gasteiger partial charge in [0.05, 0.1) is 30.5 Å². The van der Waals surface area contributed by atoms with Crippen LogP contribution in [-0.2, 0) is 10.9 Å². The van der Waals surface area contributed by atoms with E-state index in [9.17, 15) is 22.0 Å². The van der Waals surface area contributed by atoms with E-state index in [0.29, 0.717) is 31.0 Å². The van der Waals surface area contributed by atoms with Crippen LogP contribution in [-0.4, -0.2) is 52.7 Å². The predicted octanol–water partition coefficient (Wildman–Crippen LogP) is 4.27. The van der Waals surface area contributed by atoms with E-state index in [1.54, 1.807) is 6.07 Å². The van der Waals surface area contributed by atoms with Gasteiger partial charge in [0.1, 0.15) is 24.0 Å². The lowest BCUT2D eigenvalue weighted by Gasteiger charge is -2.43. The summed E-state index contributed by atoms with van der Waals surface area (Å²) < 4.78 is 80.3. The summed E-state index contributed by atoms with van der Waals surface area (Å²) >= 11 is 0. The standard InChI is InChI=1S/C22H21F5N4O2/c1-12-8-30(4-5-32-12)17-11-33-18-7-13(23)2-3-15(18)20(17)28-16-6-14(24)9-31-10-19(22(25,26)27)29-21(16)31/h2-3,6-7,9-10,12,17,20,28H,4-5,8,11H2,1H3/t12-,17+,20+/m1/s1. The third-order valence-corrected chi connectivity index (χ3v) is 5.97. The summed E-state index contributed by atoms with van der Waals surface area (Å²) in [6.07, 6.45) is -3.00. The van der Waals surface area contributed by atoms with Crippen LogP contribution >= 0.6 is 0 Å². The zero-order chi connectivity index (χ0) is 23.3. The summed E-state index contributed by atoms with van der Waals surface area (Å²) in [4.78, 5) is 5.85. The van der Waals surface area contributed by atoms with Gasteiger partial charge in [-0.1, -0.05) is 6.07 Å². The minimum Gasteiger partial charge on any atom is -0.491 e. The molecule has 4 heterocycles. The quantitative estimate of drug-likeness (QED) is 0.582. The third-order valence-electron chi connectivity index (χ3n) is 5.97. The Morgan fingerprint density at radius 3 is 2.70 bits per heavy atom. The molecule has 0 unspecified atom stereocenters. The molecular weight excluding hydrogens is 447 g/mol. The third kappa shape index (κ3) is 4.22. The Kier molecular flexibility index (Phi) is 5.40. The zero-order valence-corrected chi connectivity index (χ0v) is 17.6. The maximum absolute atomic E-state index is 14.3. The summed E-state index contributed by atoms with van der Waals surface area (Å²) in [5.41, 5.74) is -0.465. The number of halogens is 5. The Labute approximate surface area is 185 Å². The first-order valence-electron chi connectivity index (χ1n) is 10.5. The number of imidazole rings is 1. The number of nitrogens with one attached hydrogen (secondary N) is 1. The smallest absolute Gasteiger partial charge is 0.434 e. The average Bonchev–Trinajstić information content (AvgIpc) is 3.18. The van der Waals surface area contributed by atoms with Gasteiger partial charge in [-0.25, -0.2) is 13.8 Å². The molecule has 0 radical (unpaired) electrons. The second-order valence-corrected chi connectivity index (χ2v) is 8.29. The number of anilines is 1. The Bertz CT molecular complexity index is 1180. The maximum atomic E-state index is 14.3. The first-order valence-corrected chi connectivity index (χ1v) is 10.5. The number of fused-ring (bicyclic) bond motifs is 2. The molecule has 33 heavy (non-hydrogen) atoms. The van der Waals surface area contributed by atoms with Crippen molar-refractivity contribution in [2.75, 3.05) is 31.6 Å². The highest BCUT2D eigenvalue weighted by Gasteiger charge is 2.38. The SMILES string of the molecule is C[C@@H]1CN([C@H]2COc3cc(F)ccc3[C@@H]2Nc2cc(F)cn3cc(C(F)(F)F)nc23)CCO1. The van der Waals surface area contributed by atoms with Crippen LogP contribution in [0.5, 0.6) is 5.75 Å². The van der Waals surface area contributed by atoms with Gasteiger partial charge in [0.2, 0.25) is 0 Å². The van der Waals surface area contributed by atoms with Crippen LogP contribution in [0.25, 0.3) is 5.65 Å². The van der Waals surface area contributed by atoms with Crippen LogP contribution in [0.1, 0.15) is 24.2 Å². The van der Waals surface area contributed by atoms with Crippen LogP contribution in [0.3, 0.4) is 0 Å². The Hall–Kier alpha value is -2.92. The molecule has 1 N–H and O–H groups in total. The van der Waals surface area contributed by atoms with Crippen molar-refractivity contribution < 1.29 is 31.4 Å². The highest BCUT2D eigenvalue weighted by atomic mass is 19.4. The Morgan fingerprint density at radius 2 is 1.94 bits per heavy atom. The van der Waals surface area contributed by atoms with E-state index in [0.717, 1.165) is 22.9 Å². The lowest BCUT2D eigenvalue weighted by molar-refractivity contribution is -0.140. The number of pyridine rings is 1. The van der Waals surface area contributed by atoms with Gasteiger partial charge in [-0.2, -0.15) is 13.2 Å². The van der Waals surface area contributed by atoms with E-state index in [1.165, 1.54) is 12.1 Å². The van der Waals surface area contributed by atoms with Gasteiger partial charge >= 0.3 is 6.18 Å². The normalized spacial score (nSPS) is 23.9. The van der Waals surface area contributed by atoms with Crippen molar-refractivity contribution in [2.24, 2.45) is 0 Å². The van der Waals surface area contributed by atoms with Crippen LogP contribution in [0, 0.1) is 11.6 Å². The molecule has 2 aliphatic heterocycles. The summed E-state index contributed by atoms with van der Waals surface area (Å²) in [7, 11) is 0. The maximum Gasteiger partial charge on any atom is 0.434 e. The molecule has 11 heteroatoms. The second-order valence-electron chi connectivity index (χ2n) is 8.29. The van der Waals surface area contributed by atoms with Crippen molar-refractivity contribution in [3.05, 3.63) is 59.6 Å². The summed E-state index contributed by atoms with van der Waals surface area (Å²) in [6, 6.07) is 4.47. The molecule has 3 atom stereocenters. The van der Waals surface area contributed by atoms with Gasteiger partial charge in [-0.3, -0.25) is 4.90 Å². The number of hydrogen-bond acceptors (Lipinski definition) is 5. The molecule has 2 aliphatic rings. The molecule has 3 aromatic rings. The van der Waals surface area contributed by atoms with E-state index in [-0.39, 0.29) is 30.1 Å². The summed E-state index contributed by atoms with van der Waals surface area (Å²) in [5, 5.41) is 3.19. The highest BCUT2D eigenvalue weighted by molar-refractivity contribution is 5.69. The molecule has 0 saturated carbocycles. The molecule has 1 fully saturated rings. The molecule has 1 saturated heterocycles. The fourth-order valence-electron chi connectivity index (χ4n) is 4.48. The number of aromatic nitrogens is 2. The number of hydrogen-bond donors (Lipinski definition) is 1. The largest absolute Gasteiger partial charge is 0.491 e. The van der Waals surface area contributed by atoms with Crippen molar-refractivity contribution in [3.8, 4) is 5.75 Å². The van der Waals surface area contributed by atoms with E-state index < -0.39 is 29.5 Å². The van der Waals surface area contributed by atoms with Crippen molar-refractivity contribution >= 4 is 11.3 Å². The van der Waals surface area contributed by atoms with E-state index in [2.05, 4.69) is 15.2 Å². The summed E-state index contributed by atoms with van der Waals surface area (Å²) in [6.45, 7) is 3.91. The van der Waals surface area contributed by atoms with Crippen molar-refractivity contribution in [1.29, 1.82) is 0 Å². The fourth-order valence-corrected chi connectivity index (χ4v) is 4.48. The molecular formula is C22H21F5N4O2. The van der Waals surface area contributed by atoms with Crippen LogP contribution in [0.15, 0.2) is 36.7 Å². The molecule has 176 valence electrons. The first-order chi connectivity index (χ1) is 15.7. The molecule has 0 aliphatic carbocycles. The van der Waals surface area contributed by atoms with Crippen LogP contribution in [0.4, 0.5) is 27.6 Å². The minimum absolute atomic E-state index is 0.0171. The molecule has 0 amide bonds. The molecule has 1 aromatic carbocycles. The lowest BCUT2D eigenvalue weighted by Crippen LogP contribution is -2.54. The number of nitrogens with zero attached hydrogens (tertiary/aromatic N) is 3. The minimum atomic E-state index is -4.67. The van der Waals surface area contributed by atoms with Crippen LogP contribution in [0.2, 0.25) is 0 Å². The van der Waals surface area contributed by atoms with Gasteiger partial charge in [0, 0.05) is 43.2 Å². The zero-order valence-electron chi connectivity index (χ0n) is 17.6. The Balaban J connectivity index is 1.58. The van der Waals surface area contributed by atoms with Gasteiger partial charge in [-0.05, 0) is 13.0 Å². The number of morpholine rings is 1. The van der Waals surface area contributed by atoms with E-state index in [4.69, 9.17) is 9.47 Å². The predicted molar refractivity (Wildman–Crippen MR) is 109 cm³/mol. The first kappa shape index (κ1) is 21.9. The van der Waals surface area contributed by atoms with Gasteiger partial charge in [0.25, 0.3) is 0 Å². The van der Waals surface area contributed by atoms with Crippen LogP contribution < -0.4 is 10.1 Å². The number of benzene rings is 1. The van der Waals surface area contributed by atoms with Crippen molar-refractivity contribution in [1.82, 2.24) is 14.3 Å². The molecule has 5 rings (SSSR count). The van der Waals surface area contributed by atoms with E-state index >= 15 is 0 Å². The number of alkyl halides is 3. The molecule has 6 nitrogen and oxygen atoms in total. The topological polar surface area (TPSA) is 51.0 Å². The second kappa shape index (κ2) is 8.14. The van der Waals surface area contributed by atoms with Gasteiger partial charge in [-0.15, -0.1) is 0 Å². The van der Waals surface area contributed by atoms with Gasteiger partial charge < -0.3 is 19.2 Å². The molecule has 0 bridgehead atoms. The van der Waals surface area contributed by atoms with Gasteiger partial charge in [0.15, 0.2) is 11.3 Å². The fraction of sp³-hybridized carbons (Fsp3) is 0.409. The van der Waals surface area contributed by atoms with Crippen molar-refractivity contribution in [2.45, 2.75) is 31.3 Å². The number of rotatable bonds is 3. The molecule has 2 aromatic heterocycles. The average molecular weight is 468 g/mol. The van der Waals surface area contributed by atoms with Crippen molar-refractivity contribution in [3.63, 3.8) is 0 Å². The summed E-state index contributed by atoms with van der Waals surface area (Å²) in [5.74, 6) is -0.863. The molecule has 0 spiro atoms. The lowest BCUT2D eigenvalue weighted by atomic mass is 9.94. The number of ether oxygens (including phenoxy) is 2. The Morgan fingerprint density at radius 1 is 1.12 bits per heavy atom. The van der Waals surface area contributed by atoms with E-state index in [1.807, 2.05) is 6.92 Å². The monoisotopic (exact) mass is 468 g/mol. The highest BCUT2D eigenvalue weighted by Crippen LogP contribution is 2.39.